The van der Waals surface area contributed by atoms with E-state index in [1.165, 1.54) is 0 Å². The summed E-state index contributed by atoms with van der Waals surface area (Å²) in [5, 5.41) is 3.32. The Labute approximate surface area is 180 Å². The average molecular weight is 417 g/mol. The van der Waals surface area contributed by atoms with Crippen molar-refractivity contribution in [3.63, 3.8) is 0 Å². The van der Waals surface area contributed by atoms with Crippen molar-refractivity contribution in [2.45, 2.75) is 6.54 Å². The molecule has 0 aliphatic carbocycles. The highest BCUT2D eigenvalue weighted by atomic mass is 16.5. The number of nitrogens with zero attached hydrogens (tertiary/aromatic N) is 3. The number of nitrogen functional groups attached to an aromatic ring is 1. The summed E-state index contributed by atoms with van der Waals surface area (Å²) in [7, 11) is 4.85. The Morgan fingerprint density at radius 3 is 2.35 bits per heavy atom. The van der Waals surface area contributed by atoms with Crippen molar-refractivity contribution in [1.82, 2.24) is 15.0 Å². The fourth-order valence-corrected chi connectivity index (χ4v) is 3.34. The van der Waals surface area contributed by atoms with Gasteiger partial charge in [0.2, 0.25) is 5.95 Å². The summed E-state index contributed by atoms with van der Waals surface area (Å²) in [6.45, 7) is 0.498. The number of hydrogen-bond acceptors (Lipinski definition) is 8. The lowest BCUT2D eigenvalue weighted by Crippen LogP contribution is -2.07. The van der Waals surface area contributed by atoms with Gasteiger partial charge in [0, 0.05) is 17.7 Å². The van der Waals surface area contributed by atoms with Gasteiger partial charge in [-0.05, 0) is 36.4 Å². The second-order valence-corrected chi connectivity index (χ2v) is 6.73. The van der Waals surface area contributed by atoms with Crippen LogP contribution < -0.4 is 25.3 Å². The molecule has 0 radical (unpaired) electrons. The van der Waals surface area contributed by atoms with E-state index >= 15 is 0 Å². The van der Waals surface area contributed by atoms with Crippen LogP contribution in [0.3, 0.4) is 0 Å². The number of rotatable bonds is 7. The predicted octanol–water partition coefficient (Wildman–Crippen LogP) is 3.91. The van der Waals surface area contributed by atoms with Gasteiger partial charge in [-0.15, -0.1) is 0 Å². The maximum absolute atomic E-state index is 5.92. The van der Waals surface area contributed by atoms with E-state index in [4.69, 9.17) is 24.9 Å². The molecular formula is C23H23N5O3. The first-order chi connectivity index (χ1) is 15.1. The summed E-state index contributed by atoms with van der Waals surface area (Å²) in [4.78, 5) is 13.5. The molecule has 8 nitrogen and oxygen atoms in total. The lowest BCUT2D eigenvalue weighted by molar-refractivity contribution is 0.355. The first kappa shape index (κ1) is 20.2. The second-order valence-electron chi connectivity index (χ2n) is 6.73. The van der Waals surface area contributed by atoms with Gasteiger partial charge >= 0.3 is 0 Å². The lowest BCUT2D eigenvalue weighted by Gasteiger charge is -2.13. The molecule has 0 amide bonds. The highest BCUT2D eigenvalue weighted by Crippen LogP contribution is 2.33. The lowest BCUT2D eigenvalue weighted by atomic mass is 10.1. The van der Waals surface area contributed by atoms with E-state index in [-0.39, 0.29) is 5.95 Å². The molecule has 2 heterocycles. The van der Waals surface area contributed by atoms with Gasteiger partial charge in [-0.2, -0.15) is 4.98 Å². The topological polar surface area (TPSA) is 104 Å². The van der Waals surface area contributed by atoms with Crippen molar-refractivity contribution in [1.29, 1.82) is 0 Å². The molecule has 0 unspecified atom stereocenters. The maximum Gasteiger partial charge on any atom is 0.222 e. The van der Waals surface area contributed by atoms with Crippen LogP contribution in [0.15, 0.2) is 54.6 Å². The smallest absolute Gasteiger partial charge is 0.222 e. The number of hydrogen-bond donors (Lipinski definition) is 2. The molecule has 2 aromatic carbocycles. The Hall–Kier alpha value is -4.07. The molecule has 0 aliphatic rings. The molecule has 31 heavy (non-hydrogen) atoms. The van der Waals surface area contributed by atoms with E-state index in [0.29, 0.717) is 34.9 Å². The summed E-state index contributed by atoms with van der Waals surface area (Å²) < 4.78 is 16.2. The molecule has 2 aromatic heterocycles. The summed E-state index contributed by atoms with van der Waals surface area (Å²) in [5.41, 5.74) is 9.82. The van der Waals surface area contributed by atoms with Gasteiger partial charge in [0.25, 0.3) is 0 Å². The molecule has 0 fully saturated rings. The molecular weight excluding hydrogens is 394 g/mol. The largest absolute Gasteiger partial charge is 0.496 e. The number of pyridine rings is 1. The highest BCUT2D eigenvalue weighted by Gasteiger charge is 2.13. The van der Waals surface area contributed by atoms with Crippen molar-refractivity contribution in [3.05, 3.63) is 60.2 Å². The van der Waals surface area contributed by atoms with Crippen molar-refractivity contribution in [3.8, 4) is 28.5 Å². The van der Waals surface area contributed by atoms with E-state index < -0.39 is 0 Å². The Bertz CT molecular complexity index is 1230. The molecule has 3 N–H and O–H groups in total. The van der Waals surface area contributed by atoms with Crippen LogP contribution in [0.25, 0.3) is 22.3 Å². The van der Waals surface area contributed by atoms with Gasteiger partial charge in [-0.25, -0.2) is 9.97 Å². The molecule has 0 saturated carbocycles. The zero-order chi connectivity index (χ0) is 21.8. The summed E-state index contributed by atoms with van der Waals surface area (Å²) in [5.74, 6) is 2.80. The van der Waals surface area contributed by atoms with Gasteiger partial charge in [-0.1, -0.05) is 18.2 Å². The minimum atomic E-state index is 0.177. The third kappa shape index (κ3) is 4.13. The van der Waals surface area contributed by atoms with Gasteiger partial charge in [0.05, 0.1) is 32.5 Å². The first-order valence-corrected chi connectivity index (χ1v) is 9.65. The zero-order valence-electron chi connectivity index (χ0n) is 17.5. The molecule has 0 spiro atoms. The normalized spacial score (nSPS) is 10.7. The number of ether oxygens (including phenoxy) is 3. The predicted molar refractivity (Wildman–Crippen MR) is 121 cm³/mol. The molecule has 0 aliphatic heterocycles. The number of fused-ring (bicyclic) bond motifs is 1. The number of methoxy groups -OCH3 is 3. The number of nitrogens with one attached hydrogen (secondary N) is 1. The fourth-order valence-electron chi connectivity index (χ4n) is 3.34. The summed E-state index contributed by atoms with van der Waals surface area (Å²) in [6.07, 6.45) is 0. The molecule has 0 saturated heterocycles. The summed E-state index contributed by atoms with van der Waals surface area (Å²) in [6, 6.07) is 17.2. The monoisotopic (exact) mass is 417 g/mol. The summed E-state index contributed by atoms with van der Waals surface area (Å²) >= 11 is 0. The van der Waals surface area contributed by atoms with Crippen LogP contribution in [0.1, 0.15) is 5.56 Å². The Morgan fingerprint density at radius 2 is 1.58 bits per heavy atom. The van der Waals surface area contributed by atoms with Crippen LogP contribution in [-0.4, -0.2) is 36.3 Å². The average Bonchev–Trinajstić information content (AvgIpc) is 2.81. The Morgan fingerprint density at radius 1 is 0.806 bits per heavy atom. The SMILES string of the molecule is COc1ccccc1CNc1nc(N)nc2ccc(-c3ccc(OC)c(OC)c3)nc12. The van der Waals surface area contributed by atoms with Crippen molar-refractivity contribution < 1.29 is 14.2 Å². The van der Waals surface area contributed by atoms with Gasteiger partial charge < -0.3 is 25.3 Å². The number of aromatic nitrogens is 3. The molecule has 8 heteroatoms. The Balaban J connectivity index is 1.73. The van der Waals surface area contributed by atoms with E-state index in [9.17, 15) is 0 Å². The number of anilines is 2. The second kappa shape index (κ2) is 8.74. The first-order valence-electron chi connectivity index (χ1n) is 9.65. The third-order valence-corrected chi connectivity index (χ3v) is 4.88. The molecule has 4 aromatic rings. The molecule has 4 rings (SSSR count). The molecule has 0 bridgehead atoms. The van der Waals surface area contributed by atoms with Crippen LogP contribution in [0.4, 0.5) is 11.8 Å². The van der Waals surface area contributed by atoms with Gasteiger partial charge in [0.1, 0.15) is 11.3 Å². The third-order valence-electron chi connectivity index (χ3n) is 4.88. The van der Waals surface area contributed by atoms with Gasteiger partial charge in [0.15, 0.2) is 17.3 Å². The zero-order valence-corrected chi connectivity index (χ0v) is 17.5. The molecule has 158 valence electrons. The van der Waals surface area contributed by atoms with Crippen LogP contribution in [0, 0.1) is 0 Å². The minimum absolute atomic E-state index is 0.177. The van der Waals surface area contributed by atoms with E-state index in [1.807, 2.05) is 54.6 Å². The maximum atomic E-state index is 5.92. The Kier molecular flexibility index (Phi) is 5.70. The van der Waals surface area contributed by atoms with Crippen molar-refractivity contribution in [2.24, 2.45) is 0 Å². The fraction of sp³-hybridized carbons (Fsp3) is 0.174. The van der Waals surface area contributed by atoms with Crippen LogP contribution in [-0.2, 0) is 6.54 Å². The minimum Gasteiger partial charge on any atom is -0.496 e. The molecule has 0 atom stereocenters. The number of benzene rings is 2. The van der Waals surface area contributed by atoms with Crippen LogP contribution in [0.2, 0.25) is 0 Å². The standard InChI is InChI=1S/C23H23N5O3/c1-29-18-7-5-4-6-15(18)13-25-22-21-17(27-23(24)28-22)10-9-16(26-21)14-8-11-19(30-2)20(12-14)31-3/h4-12H,13H2,1-3H3,(H3,24,25,27,28). The number of para-hydroxylation sites is 1. The van der Waals surface area contributed by atoms with E-state index in [1.54, 1.807) is 21.3 Å². The quantitative estimate of drug-likeness (QED) is 0.466. The van der Waals surface area contributed by atoms with Gasteiger partial charge in [-0.3, -0.25) is 0 Å². The van der Waals surface area contributed by atoms with Crippen molar-refractivity contribution in [2.75, 3.05) is 32.4 Å². The van der Waals surface area contributed by atoms with Crippen LogP contribution in [0.5, 0.6) is 17.2 Å². The van der Waals surface area contributed by atoms with E-state index in [2.05, 4.69) is 15.3 Å². The van der Waals surface area contributed by atoms with Crippen LogP contribution >= 0.6 is 0 Å². The van der Waals surface area contributed by atoms with Crippen molar-refractivity contribution >= 4 is 22.8 Å². The van der Waals surface area contributed by atoms with E-state index in [0.717, 1.165) is 22.6 Å². The highest BCUT2D eigenvalue weighted by molar-refractivity contribution is 5.88. The number of nitrogens with two attached hydrogens (primary N) is 1.